The van der Waals surface area contributed by atoms with Gasteiger partial charge in [0.25, 0.3) is 0 Å². The van der Waals surface area contributed by atoms with Gasteiger partial charge >= 0.3 is 6.03 Å². The van der Waals surface area contributed by atoms with Crippen molar-refractivity contribution in [3.8, 4) is 0 Å². The number of thiazole rings is 1. The zero-order valence-corrected chi connectivity index (χ0v) is 14.8. The second kappa shape index (κ2) is 8.41. The van der Waals surface area contributed by atoms with Crippen molar-refractivity contribution in [3.63, 3.8) is 0 Å². The molecule has 0 saturated carbocycles. The maximum absolute atomic E-state index is 12.2. The molecule has 0 radical (unpaired) electrons. The fourth-order valence-electron chi connectivity index (χ4n) is 2.72. The molecular formula is C17H24N4O2S. The van der Waals surface area contributed by atoms with E-state index in [2.05, 4.69) is 21.3 Å². The van der Waals surface area contributed by atoms with Gasteiger partial charge in [0.05, 0.1) is 30.0 Å². The Morgan fingerprint density at radius 2 is 2.17 bits per heavy atom. The van der Waals surface area contributed by atoms with Gasteiger partial charge in [-0.1, -0.05) is 12.1 Å². The van der Waals surface area contributed by atoms with Crippen molar-refractivity contribution in [2.45, 2.75) is 13.0 Å². The number of nitrogens with one attached hydrogen (secondary N) is 1. The highest BCUT2D eigenvalue weighted by atomic mass is 32.1. The molecule has 0 atom stereocenters. The Balaban J connectivity index is 1.39. The maximum atomic E-state index is 12.2. The fourth-order valence-corrected chi connectivity index (χ4v) is 3.74. The number of benzene rings is 1. The molecule has 1 fully saturated rings. The Morgan fingerprint density at radius 3 is 2.96 bits per heavy atom. The molecule has 1 N–H and O–H groups in total. The standard InChI is InChI=1S/C17H24N4O2S/c1-20(13-16-19-14-5-2-3-6-15(14)24-16)17(22)18-7-4-8-21-9-11-23-12-10-21/h2-3,5-6H,4,7-13H2,1H3,(H,18,22). The largest absolute Gasteiger partial charge is 0.379 e. The molecule has 2 heterocycles. The van der Waals surface area contributed by atoms with Crippen LogP contribution in [0, 0.1) is 0 Å². The summed E-state index contributed by atoms with van der Waals surface area (Å²) in [5.41, 5.74) is 0.997. The zero-order chi connectivity index (χ0) is 16.8. The number of nitrogens with zero attached hydrogens (tertiary/aromatic N) is 3. The van der Waals surface area contributed by atoms with E-state index in [1.807, 2.05) is 25.2 Å². The molecule has 1 saturated heterocycles. The van der Waals surface area contributed by atoms with Gasteiger partial charge in [0.15, 0.2) is 0 Å². The first-order valence-electron chi connectivity index (χ1n) is 8.36. The minimum Gasteiger partial charge on any atom is -0.379 e. The Bertz CT molecular complexity index is 636. The summed E-state index contributed by atoms with van der Waals surface area (Å²) in [7, 11) is 1.81. The third-order valence-corrected chi connectivity index (χ3v) is 5.11. The monoisotopic (exact) mass is 348 g/mol. The zero-order valence-electron chi connectivity index (χ0n) is 14.0. The van der Waals surface area contributed by atoms with Crippen molar-refractivity contribution < 1.29 is 9.53 Å². The van der Waals surface area contributed by atoms with Crippen LogP contribution in [-0.4, -0.2) is 67.3 Å². The third-order valence-electron chi connectivity index (χ3n) is 4.09. The van der Waals surface area contributed by atoms with Gasteiger partial charge in [0, 0.05) is 26.7 Å². The van der Waals surface area contributed by atoms with Gasteiger partial charge in [-0.3, -0.25) is 4.90 Å². The van der Waals surface area contributed by atoms with Crippen LogP contribution < -0.4 is 5.32 Å². The van der Waals surface area contributed by atoms with E-state index in [-0.39, 0.29) is 6.03 Å². The highest BCUT2D eigenvalue weighted by Gasteiger charge is 2.13. The van der Waals surface area contributed by atoms with E-state index in [0.717, 1.165) is 54.5 Å². The number of carbonyl (C=O) groups is 1. The number of hydrogen-bond donors (Lipinski definition) is 1. The molecule has 3 rings (SSSR count). The normalized spacial score (nSPS) is 15.5. The number of rotatable bonds is 6. The average Bonchev–Trinajstić information content (AvgIpc) is 3.01. The second-order valence-electron chi connectivity index (χ2n) is 5.97. The summed E-state index contributed by atoms with van der Waals surface area (Å²) in [6.45, 7) is 5.85. The van der Waals surface area contributed by atoms with E-state index in [9.17, 15) is 4.79 Å². The first-order valence-corrected chi connectivity index (χ1v) is 9.17. The van der Waals surface area contributed by atoms with Gasteiger partial charge in [0.2, 0.25) is 0 Å². The fraction of sp³-hybridized carbons (Fsp3) is 0.529. The summed E-state index contributed by atoms with van der Waals surface area (Å²) >= 11 is 1.64. The van der Waals surface area contributed by atoms with E-state index in [4.69, 9.17) is 4.74 Å². The van der Waals surface area contributed by atoms with Crippen LogP contribution in [0.25, 0.3) is 10.2 Å². The molecule has 7 heteroatoms. The van der Waals surface area contributed by atoms with Crippen LogP contribution in [0.5, 0.6) is 0 Å². The number of morpholine rings is 1. The molecule has 2 amide bonds. The number of hydrogen-bond acceptors (Lipinski definition) is 5. The van der Waals surface area contributed by atoms with Crippen LogP contribution in [-0.2, 0) is 11.3 Å². The predicted octanol–water partition coefficient (Wildman–Crippen LogP) is 2.16. The Hall–Kier alpha value is -1.70. The molecule has 24 heavy (non-hydrogen) atoms. The SMILES string of the molecule is CN(Cc1nc2ccccc2s1)C(=O)NCCCN1CCOCC1. The highest BCUT2D eigenvalue weighted by Crippen LogP contribution is 2.22. The van der Waals surface area contributed by atoms with Gasteiger partial charge in [-0.25, -0.2) is 9.78 Å². The lowest BCUT2D eigenvalue weighted by atomic mass is 10.3. The lowest BCUT2D eigenvalue weighted by Crippen LogP contribution is -2.40. The molecule has 0 bridgehead atoms. The topological polar surface area (TPSA) is 57.7 Å². The lowest BCUT2D eigenvalue weighted by molar-refractivity contribution is 0.0375. The van der Waals surface area contributed by atoms with E-state index < -0.39 is 0 Å². The molecule has 1 aromatic heterocycles. The molecule has 0 aliphatic carbocycles. The van der Waals surface area contributed by atoms with E-state index in [0.29, 0.717) is 13.1 Å². The Morgan fingerprint density at radius 1 is 1.38 bits per heavy atom. The van der Waals surface area contributed by atoms with Gasteiger partial charge in [-0.2, -0.15) is 0 Å². The van der Waals surface area contributed by atoms with E-state index in [1.165, 1.54) is 0 Å². The van der Waals surface area contributed by atoms with Crippen molar-refractivity contribution in [2.24, 2.45) is 0 Å². The van der Waals surface area contributed by atoms with Crippen molar-refractivity contribution in [1.29, 1.82) is 0 Å². The third kappa shape index (κ3) is 4.66. The van der Waals surface area contributed by atoms with E-state index in [1.54, 1.807) is 16.2 Å². The number of carbonyl (C=O) groups excluding carboxylic acids is 1. The molecule has 1 aromatic carbocycles. The summed E-state index contributed by atoms with van der Waals surface area (Å²) in [4.78, 5) is 20.8. The van der Waals surface area contributed by atoms with Gasteiger partial charge in [-0.15, -0.1) is 11.3 Å². The minimum absolute atomic E-state index is 0.0452. The smallest absolute Gasteiger partial charge is 0.317 e. The summed E-state index contributed by atoms with van der Waals surface area (Å²) in [5.74, 6) is 0. The number of aromatic nitrogens is 1. The highest BCUT2D eigenvalue weighted by molar-refractivity contribution is 7.18. The van der Waals surface area contributed by atoms with Crippen molar-refractivity contribution in [3.05, 3.63) is 29.3 Å². The maximum Gasteiger partial charge on any atom is 0.317 e. The minimum atomic E-state index is -0.0452. The lowest BCUT2D eigenvalue weighted by Gasteiger charge is -2.26. The Kier molecular flexibility index (Phi) is 6.01. The van der Waals surface area contributed by atoms with Crippen LogP contribution >= 0.6 is 11.3 Å². The molecule has 1 aliphatic rings. The van der Waals surface area contributed by atoms with Crippen LogP contribution in [0.3, 0.4) is 0 Å². The molecule has 0 unspecified atom stereocenters. The number of amides is 2. The molecule has 130 valence electrons. The summed E-state index contributed by atoms with van der Waals surface area (Å²) in [6, 6.07) is 8.01. The Labute approximate surface area is 146 Å². The number of urea groups is 1. The van der Waals surface area contributed by atoms with Gasteiger partial charge in [-0.05, 0) is 25.1 Å². The predicted molar refractivity (Wildman–Crippen MR) is 96.4 cm³/mol. The van der Waals surface area contributed by atoms with Crippen molar-refractivity contribution in [1.82, 2.24) is 20.1 Å². The van der Waals surface area contributed by atoms with Gasteiger partial charge < -0.3 is 15.0 Å². The number of ether oxygens (including phenoxy) is 1. The van der Waals surface area contributed by atoms with E-state index >= 15 is 0 Å². The molecule has 6 nitrogen and oxygen atoms in total. The molecular weight excluding hydrogens is 324 g/mol. The number of para-hydroxylation sites is 1. The summed E-state index contributed by atoms with van der Waals surface area (Å²) < 4.78 is 6.49. The summed E-state index contributed by atoms with van der Waals surface area (Å²) in [6.07, 6.45) is 0.959. The first kappa shape index (κ1) is 17.1. The summed E-state index contributed by atoms with van der Waals surface area (Å²) in [5, 5.41) is 3.94. The quantitative estimate of drug-likeness (QED) is 0.813. The molecule has 0 spiro atoms. The first-order chi connectivity index (χ1) is 11.7. The number of fused-ring (bicyclic) bond motifs is 1. The molecule has 1 aliphatic heterocycles. The van der Waals surface area contributed by atoms with Crippen molar-refractivity contribution in [2.75, 3.05) is 46.4 Å². The average molecular weight is 348 g/mol. The second-order valence-corrected chi connectivity index (χ2v) is 7.09. The van der Waals surface area contributed by atoms with Crippen LogP contribution in [0.1, 0.15) is 11.4 Å². The van der Waals surface area contributed by atoms with Crippen molar-refractivity contribution >= 4 is 27.6 Å². The van der Waals surface area contributed by atoms with Crippen LogP contribution in [0.4, 0.5) is 4.79 Å². The molecule has 2 aromatic rings. The van der Waals surface area contributed by atoms with Gasteiger partial charge in [0.1, 0.15) is 5.01 Å². The van der Waals surface area contributed by atoms with Crippen LogP contribution in [0.2, 0.25) is 0 Å². The van der Waals surface area contributed by atoms with Crippen LogP contribution in [0.15, 0.2) is 24.3 Å².